The van der Waals surface area contributed by atoms with Gasteiger partial charge in [-0.3, -0.25) is 10.3 Å². The molecular weight excluding hydrogens is 433 g/mol. The molecule has 1 aliphatic rings. The van der Waals surface area contributed by atoms with Crippen molar-refractivity contribution in [3.05, 3.63) is 35.8 Å². The summed E-state index contributed by atoms with van der Waals surface area (Å²) in [7, 11) is 0. The number of rotatable bonds is 6. The predicted octanol–water partition coefficient (Wildman–Crippen LogP) is 1.67. The summed E-state index contributed by atoms with van der Waals surface area (Å²) in [5.74, 6) is 0.439. The van der Waals surface area contributed by atoms with Crippen molar-refractivity contribution < 1.29 is 32.2 Å². The van der Waals surface area contributed by atoms with Gasteiger partial charge in [-0.1, -0.05) is 5.92 Å². The van der Waals surface area contributed by atoms with Crippen LogP contribution < -0.4 is 26.3 Å². The Morgan fingerprint density at radius 3 is 2.84 bits per heavy atom. The van der Waals surface area contributed by atoms with Crippen LogP contribution in [0.2, 0.25) is 0 Å². The third-order valence-corrected chi connectivity index (χ3v) is 4.19. The summed E-state index contributed by atoms with van der Waals surface area (Å²) in [5, 5.41) is 2.27. The monoisotopic (exact) mass is 450 g/mol. The lowest BCUT2D eigenvalue weighted by atomic mass is 9.90. The average molecular weight is 450 g/mol. The van der Waals surface area contributed by atoms with Crippen LogP contribution >= 0.6 is 0 Å². The first-order chi connectivity index (χ1) is 15.2. The van der Waals surface area contributed by atoms with Crippen molar-refractivity contribution in [3.63, 3.8) is 0 Å². The summed E-state index contributed by atoms with van der Waals surface area (Å²) < 4.78 is 57.3. The van der Waals surface area contributed by atoms with Crippen molar-refractivity contribution in [2.75, 3.05) is 30.9 Å². The lowest BCUT2D eigenvalue weighted by molar-refractivity contribution is -0.0145. The summed E-state index contributed by atoms with van der Waals surface area (Å²) in [6.07, 6.45) is 1.97. The first-order valence-electron chi connectivity index (χ1n) is 8.93. The Labute approximate surface area is 179 Å². The van der Waals surface area contributed by atoms with Crippen LogP contribution in [-0.2, 0) is 10.3 Å². The summed E-state index contributed by atoms with van der Waals surface area (Å²) in [5.41, 5.74) is 8.25. The molecule has 10 nitrogen and oxygen atoms in total. The van der Waals surface area contributed by atoms with Crippen LogP contribution in [0.15, 0.2) is 29.4 Å². The maximum Gasteiger partial charge on any atom is 0.418 e. The SMILES string of the molecule is C#CCOc1cnc(OC(=O)Nc2ccc(F)c(C3(C(F)F)COCC(N)=N3)c2)c(N)n1. The number of hydrogen-bond acceptors (Lipinski definition) is 9. The highest BCUT2D eigenvalue weighted by Gasteiger charge is 2.46. The van der Waals surface area contributed by atoms with Crippen molar-refractivity contribution in [1.29, 1.82) is 0 Å². The molecule has 0 bridgehead atoms. The van der Waals surface area contributed by atoms with E-state index in [9.17, 15) is 18.0 Å². The van der Waals surface area contributed by atoms with E-state index in [1.54, 1.807) is 0 Å². The summed E-state index contributed by atoms with van der Waals surface area (Å²) in [6, 6.07) is 3.02. The first kappa shape index (κ1) is 22.6. The predicted molar refractivity (Wildman–Crippen MR) is 107 cm³/mol. The maximum atomic E-state index is 14.4. The number of anilines is 2. The Morgan fingerprint density at radius 1 is 1.41 bits per heavy atom. The van der Waals surface area contributed by atoms with E-state index >= 15 is 0 Å². The van der Waals surface area contributed by atoms with Gasteiger partial charge in [0, 0.05) is 11.3 Å². The van der Waals surface area contributed by atoms with E-state index in [1.165, 1.54) is 0 Å². The molecule has 0 fully saturated rings. The van der Waals surface area contributed by atoms with Crippen LogP contribution in [-0.4, -0.2) is 48.1 Å². The Balaban J connectivity index is 1.80. The van der Waals surface area contributed by atoms with Gasteiger partial charge in [0.2, 0.25) is 5.88 Å². The normalized spacial score (nSPS) is 17.9. The van der Waals surface area contributed by atoms with Crippen molar-refractivity contribution in [2.24, 2.45) is 10.7 Å². The topological polar surface area (TPSA) is 147 Å². The fourth-order valence-corrected chi connectivity index (χ4v) is 2.80. The van der Waals surface area contributed by atoms with E-state index in [0.717, 1.165) is 24.4 Å². The zero-order valence-corrected chi connectivity index (χ0v) is 16.3. The van der Waals surface area contributed by atoms with Gasteiger partial charge in [-0.05, 0) is 18.2 Å². The molecule has 2 heterocycles. The number of terminal acetylenes is 1. The minimum absolute atomic E-state index is 0.0169. The van der Waals surface area contributed by atoms with E-state index in [0.29, 0.717) is 0 Å². The van der Waals surface area contributed by atoms with E-state index in [1.807, 2.05) is 0 Å². The fourth-order valence-electron chi connectivity index (χ4n) is 2.80. The fraction of sp³-hybridized carbons (Fsp3) is 0.263. The second kappa shape index (κ2) is 9.40. The molecule has 2 aromatic rings. The number of alkyl halides is 2. The zero-order chi connectivity index (χ0) is 23.3. The molecule has 1 aromatic heterocycles. The van der Waals surface area contributed by atoms with Gasteiger partial charge in [-0.25, -0.2) is 22.9 Å². The molecule has 0 aliphatic carbocycles. The molecule has 13 heteroatoms. The molecule has 32 heavy (non-hydrogen) atoms. The van der Waals surface area contributed by atoms with E-state index in [-0.39, 0.29) is 42.3 Å². The van der Waals surface area contributed by atoms with Crippen LogP contribution in [0.1, 0.15) is 5.56 Å². The highest BCUT2D eigenvalue weighted by molar-refractivity contribution is 5.87. The van der Waals surface area contributed by atoms with E-state index < -0.39 is 36.0 Å². The number of amidine groups is 1. The minimum atomic E-state index is -3.14. The van der Waals surface area contributed by atoms with Gasteiger partial charge in [0.25, 0.3) is 12.3 Å². The molecule has 0 saturated heterocycles. The molecule has 1 amide bonds. The number of hydrogen-bond donors (Lipinski definition) is 3. The van der Waals surface area contributed by atoms with Gasteiger partial charge in [0.1, 0.15) is 18.3 Å². The van der Waals surface area contributed by atoms with Crippen LogP contribution in [0.25, 0.3) is 0 Å². The number of aliphatic imine (C=N–C) groups is 1. The maximum absolute atomic E-state index is 14.4. The van der Waals surface area contributed by atoms with Gasteiger partial charge in [0.15, 0.2) is 18.0 Å². The highest BCUT2D eigenvalue weighted by Crippen LogP contribution is 2.38. The van der Waals surface area contributed by atoms with E-state index in [4.69, 9.17) is 32.1 Å². The van der Waals surface area contributed by atoms with E-state index in [2.05, 4.69) is 26.2 Å². The molecule has 1 aromatic carbocycles. The minimum Gasteiger partial charge on any atom is -0.463 e. The number of carbonyl (C=O) groups excluding carboxylic acids is 1. The van der Waals surface area contributed by atoms with Gasteiger partial charge < -0.3 is 25.7 Å². The van der Waals surface area contributed by atoms with Gasteiger partial charge >= 0.3 is 6.09 Å². The Bertz CT molecular complexity index is 1090. The number of halogens is 3. The number of nitrogen functional groups attached to an aromatic ring is 1. The molecule has 168 valence electrons. The quantitative estimate of drug-likeness (QED) is 0.563. The molecule has 1 atom stereocenters. The smallest absolute Gasteiger partial charge is 0.418 e. The average Bonchev–Trinajstić information content (AvgIpc) is 2.75. The van der Waals surface area contributed by atoms with Crippen LogP contribution in [0.4, 0.5) is 29.5 Å². The summed E-state index contributed by atoms with van der Waals surface area (Å²) in [4.78, 5) is 23.6. The van der Waals surface area contributed by atoms with Gasteiger partial charge in [-0.2, -0.15) is 4.98 Å². The Kier molecular flexibility index (Phi) is 6.64. The third kappa shape index (κ3) is 4.81. The van der Waals surface area contributed by atoms with Crippen molar-refractivity contribution in [3.8, 4) is 24.1 Å². The molecule has 1 unspecified atom stereocenters. The molecule has 1 aliphatic heterocycles. The number of aromatic nitrogens is 2. The molecule has 5 N–H and O–H groups in total. The third-order valence-electron chi connectivity index (χ3n) is 4.19. The lowest BCUT2D eigenvalue weighted by Gasteiger charge is -2.33. The van der Waals surface area contributed by atoms with Gasteiger partial charge in [-0.15, -0.1) is 6.42 Å². The Hall–Kier alpha value is -4.05. The number of benzene rings is 1. The van der Waals surface area contributed by atoms with Crippen molar-refractivity contribution in [1.82, 2.24) is 9.97 Å². The lowest BCUT2D eigenvalue weighted by Crippen LogP contribution is -2.45. The Morgan fingerprint density at radius 2 is 2.19 bits per heavy atom. The number of amides is 1. The van der Waals surface area contributed by atoms with Gasteiger partial charge in [0.05, 0.1) is 12.8 Å². The molecular formula is C19H17F3N6O4. The van der Waals surface area contributed by atoms with Crippen molar-refractivity contribution in [2.45, 2.75) is 12.0 Å². The number of carbonyl (C=O) groups is 1. The standard InChI is InChI=1S/C19H17F3N6O4/c1-2-5-31-14-7-25-16(15(24)27-14)32-18(29)26-10-3-4-12(20)11(6-10)19(17(21)22)9-30-8-13(23)28-19/h1,3-4,6-7,17H,5,8-9H2,(H2,23,28)(H2,24,27)(H,26,29). The summed E-state index contributed by atoms with van der Waals surface area (Å²) in [6.45, 7) is -0.825. The van der Waals surface area contributed by atoms with Crippen LogP contribution in [0.5, 0.6) is 11.8 Å². The molecule has 3 rings (SSSR count). The van der Waals surface area contributed by atoms with Crippen molar-refractivity contribution >= 4 is 23.4 Å². The second-order valence-electron chi connectivity index (χ2n) is 6.42. The largest absolute Gasteiger partial charge is 0.463 e. The highest BCUT2D eigenvalue weighted by atomic mass is 19.3. The number of ether oxygens (including phenoxy) is 3. The number of nitrogens with one attached hydrogen (secondary N) is 1. The van der Waals surface area contributed by atoms with Crippen LogP contribution in [0, 0.1) is 18.2 Å². The summed E-state index contributed by atoms with van der Waals surface area (Å²) >= 11 is 0. The van der Waals surface area contributed by atoms with Crippen LogP contribution in [0.3, 0.4) is 0 Å². The molecule has 0 saturated carbocycles. The first-order valence-corrected chi connectivity index (χ1v) is 8.93. The number of nitrogens with two attached hydrogens (primary N) is 2. The molecule has 0 radical (unpaired) electrons. The molecule has 0 spiro atoms. The zero-order valence-electron chi connectivity index (χ0n) is 16.3. The second-order valence-corrected chi connectivity index (χ2v) is 6.42. The number of nitrogens with zero attached hydrogens (tertiary/aromatic N) is 3.